The van der Waals surface area contributed by atoms with Crippen LogP contribution in [0.5, 0.6) is 0 Å². The Bertz CT molecular complexity index is 398. The van der Waals surface area contributed by atoms with E-state index in [2.05, 4.69) is 0 Å². The first kappa shape index (κ1) is 12.1. The van der Waals surface area contributed by atoms with Crippen LogP contribution in [0, 0.1) is 0 Å². The number of aryl methyl sites for hydroxylation is 1. The van der Waals surface area contributed by atoms with Crippen molar-refractivity contribution < 1.29 is 14.3 Å². The molecule has 0 atom stereocenters. The van der Waals surface area contributed by atoms with Gasteiger partial charge in [-0.3, -0.25) is 4.79 Å². The molecule has 0 unspecified atom stereocenters. The second-order valence-corrected chi connectivity index (χ2v) is 3.30. The van der Waals surface area contributed by atoms with Crippen molar-refractivity contribution in [3.8, 4) is 0 Å². The molecule has 16 heavy (non-hydrogen) atoms. The number of carbonyl (C=O) groups is 2. The minimum Gasteiger partial charge on any atom is -0.460 e. The number of ether oxygens (including phenoxy) is 1. The van der Waals surface area contributed by atoms with Crippen molar-refractivity contribution in [3.63, 3.8) is 0 Å². The molecule has 0 bridgehead atoms. The maximum Gasteiger partial charge on any atom is 0.355 e. The van der Waals surface area contributed by atoms with Gasteiger partial charge in [0.05, 0.1) is 12.1 Å². The maximum absolute atomic E-state index is 11.6. The summed E-state index contributed by atoms with van der Waals surface area (Å²) in [7, 11) is 0. The summed E-state index contributed by atoms with van der Waals surface area (Å²) in [5.41, 5.74) is 11.4. The van der Waals surface area contributed by atoms with Crippen molar-refractivity contribution in [2.75, 3.05) is 12.3 Å². The largest absolute Gasteiger partial charge is 0.460 e. The molecule has 0 aliphatic carbocycles. The number of aromatic nitrogens is 1. The number of hydrogen-bond acceptors (Lipinski definition) is 4. The fourth-order valence-corrected chi connectivity index (χ4v) is 1.28. The number of amides is 1. The summed E-state index contributed by atoms with van der Waals surface area (Å²) >= 11 is 0. The van der Waals surface area contributed by atoms with Gasteiger partial charge in [0.1, 0.15) is 12.3 Å². The predicted molar refractivity (Wildman–Crippen MR) is 58.6 cm³/mol. The normalized spacial score (nSPS) is 10.1. The summed E-state index contributed by atoms with van der Waals surface area (Å²) in [4.78, 5) is 22.0. The summed E-state index contributed by atoms with van der Waals surface area (Å²) in [5.74, 6) is -1.00. The van der Waals surface area contributed by atoms with E-state index in [4.69, 9.17) is 16.2 Å². The van der Waals surface area contributed by atoms with Crippen molar-refractivity contribution in [3.05, 3.63) is 18.0 Å². The van der Waals surface area contributed by atoms with Crippen LogP contribution in [-0.4, -0.2) is 23.1 Å². The first-order valence-electron chi connectivity index (χ1n) is 4.95. The maximum atomic E-state index is 11.6. The Kier molecular flexibility index (Phi) is 3.93. The van der Waals surface area contributed by atoms with Crippen molar-refractivity contribution in [2.24, 2.45) is 5.73 Å². The molecule has 1 rings (SSSR count). The molecule has 1 aromatic rings. The molecule has 0 radical (unpaired) electrons. The van der Waals surface area contributed by atoms with Crippen molar-refractivity contribution in [2.45, 2.75) is 19.9 Å². The molecule has 0 spiro atoms. The second kappa shape index (κ2) is 5.20. The first-order chi connectivity index (χ1) is 7.54. The van der Waals surface area contributed by atoms with Gasteiger partial charge in [0.25, 0.3) is 0 Å². The van der Waals surface area contributed by atoms with E-state index in [0.717, 1.165) is 0 Å². The number of carbonyl (C=O) groups excluding carboxylic acids is 2. The highest BCUT2D eigenvalue weighted by atomic mass is 16.5. The third kappa shape index (κ3) is 3.01. The molecule has 6 heteroatoms. The average molecular weight is 225 g/mol. The van der Waals surface area contributed by atoms with Gasteiger partial charge in [-0.15, -0.1) is 0 Å². The Morgan fingerprint density at radius 2 is 2.19 bits per heavy atom. The first-order valence-corrected chi connectivity index (χ1v) is 4.95. The van der Waals surface area contributed by atoms with Crippen LogP contribution in [0.25, 0.3) is 0 Å². The molecule has 0 aliphatic heterocycles. The molecule has 1 heterocycles. The van der Waals surface area contributed by atoms with Crippen LogP contribution in [-0.2, 0) is 16.1 Å². The van der Waals surface area contributed by atoms with E-state index in [-0.39, 0.29) is 13.0 Å². The Morgan fingerprint density at radius 3 is 2.75 bits per heavy atom. The van der Waals surface area contributed by atoms with E-state index >= 15 is 0 Å². The third-order valence-corrected chi connectivity index (χ3v) is 2.05. The van der Waals surface area contributed by atoms with Gasteiger partial charge in [-0.2, -0.15) is 0 Å². The quantitative estimate of drug-likeness (QED) is 0.695. The number of esters is 1. The zero-order valence-corrected chi connectivity index (χ0v) is 9.10. The number of anilines is 1. The Labute approximate surface area is 93.2 Å². The molecule has 0 aliphatic rings. The second-order valence-electron chi connectivity index (χ2n) is 3.30. The number of primary amides is 1. The number of nitrogen functional groups attached to an aromatic ring is 1. The van der Waals surface area contributed by atoms with Gasteiger partial charge in [0, 0.05) is 12.7 Å². The smallest absolute Gasteiger partial charge is 0.355 e. The molecular weight excluding hydrogens is 210 g/mol. The number of hydrogen-bond donors (Lipinski definition) is 2. The van der Waals surface area contributed by atoms with E-state index in [1.165, 1.54) is 6.07 Å². The van der Waals surface area contributed by atoms with Gasteiger partial charge in [-0.1, -0.05) is 0 Å². The molecule has 0 saturated heterocycles. The lowest BCUT2D eigenvalue weighted by Crippen LogP contribution is -2.17. The molecular formula is C10H15N3O3. The zero-order valence-electron chi connectivity index (χ0n) is 9.10. The van der Waals surface area contributed by atoms with E-state index in [1.54, 1.807) is 10.8 Å². The number of nitrogens with two attached hydrogens (primary N) is 2. The Morgan fingerprint density at radius 1 is 1.50 bits per heavy atom. The number of nitrogens with zero attached hydrogens (tertiary/aromatic N) is 1. The van der Waals surface area contributed by atoms with E-state index < -0.39 is 11.9 Å². The van der Waals surface area contributed by atoms with Crippen LogP contribution in [0.2, 0.25) is 0 Å². The SMILES string of the molecule is CCn1cc(N)cc1C(=O)OCCC(N)=O. The minimum absolute atomic E-state index is 0.0109. The van der Waals surface area contributed by atoms with Crippen LogP contribution in [0.1, 0.15) is 23.8 Å². The highest BCUT2D eigenvalue weighted by Crippen LogP contribution is 2.11. The zero-order chi connectivity index (χ0) is 12.1. The van der Waals surface area contributed by atoms with Gasteiger partial charge in [0.2, 0.25) is 5.91 Å². The lowest BCUT2D eigenvalue weighted by atomic mass is 10.4. The standard InChI is InChI=1S/C10H15N3O3/c1-2-13-6-7(11)5-8(13)10(15)16-4-3-9(12)14/h5-6H,2-4,11H2,1H3,(H2,12,14). The minimum atomic E-state index is -0.502. The topological polar surface area (TPSA) is 100 Å². The van der Waals surface area contributed by atoms with Gasteiger partial charge in [-0.25, -0.2) is 4.79 Å². The summed E-state index contributed by atoms with van der Waals surface area (Å²) in [6, 6.07) is 1.54. The van der Waals surface area contributed by atoms with E-state index in [1.807, 2.05) is 6.92 Å². The monoisotopic (exact) mass is 225 g/mol. The average Bonchev–Trinajstić information content (AvgIpc) is 2.59. The number of rotatable bonds is 5. The summed E-state index contributed by atoms with van der Waals surface area (Å²) in [5, 5.41) is 0. The predicted octanol–water partition coefficient (Wildman–Crippen LogP) is 0.122. The van der Waals surface area contributed by atoms with Crippen LogP contribution in [0.4, 0.5) is 5.69 Å². The van der Waals surface area contributed by atoms with Crippen LogP contribution in [0.3, 0.4) is 0 Å². The summed E-state index contributed by atoms with van der Waals surface area (Å²) in [6.45, 7) is 2.50. The lowest BCUT2D eigenvalue weighted by molar-refractivity contribution is -0.118. The van der Waals surface area contributed by atoms with Gasteiger partial charge in [-0.05, 0) is 13.0 Å². The van der Waals surface area contributed by atoms with Crippen LogP contribution in [0.15, 0.2) is 12.3 Å². The van der Waals surface area contributed by atoms with E-state index in [9.17, 15) is 9.59 Å². The highest BCUT2D eigenvalue weighted by Gasteiger charge is 2.13. The Balaban J connectivity index is 2.61. The molecule has 6 nitrogen and oxygen atoms in total. The van der Waals surface area contributed by atoms with Gasteiger partial charge < -0.3 is 20.8 Å². The molecule has 4 N–H and O–H groups in total. The molecule has 88 valence electrons. The fourth-order valence-electron chi connectivity index (χ4n) is 1.28. The molecule has 1 aromatic heterocycles. The van der Waals surface area contributed by atoms with Gasteiger partial charge >= 0.3 is 5.97 Å². The summed E-state index contributed by atoms with van der Waals surface area (Å²) < 4.78 is 6.56. The molecule has 0 aromatic carbocycles. The van der Waals surface area contributed by atoms with Crippen LogP contribution >= 0.6 is 0 Å². The van der Waals surface area contributed by atoms with Crippen molar-refractivity contribution in [1.29, 1.82) is 0 Å². The summed E-state index contributed by atoms with van der Waals surface area (Å²) in [6.07, 6.45) is 1.68. The van der Waals surface area contributed by atoms with Crippen molar-refractivity contribution >= 4 is 17.6 Å². The highest BCUT2D eigenvalue weighted by molar-refractivity contribution is 5.89. The fraction of sp³-hybridized carbons (Fsp3) is 0.400. The third-order valence-electron chi connectivity index (χ3n) is 2.05. The molecule has 1 amide bonds. The molecule has 0 saturated carbocycles. The van der Waals surface area contributed by atoms with Crippen LogP contribution < -0.4 is 11.5 Å². The lowest BCUT2D eigenvalue weighted by Gasteiger charge is -2.05. The molecule has 0 fully saturated rings. The Hall–Kier alpha value is -1.98. The van der Waals surface area contributed by atoms with Crippen molar-refractivity contribution in [1.82, 2.24) is 4.57 Å². The van der Waals surface area contributed by atoms with Gasteiger partial charge in [0.15, 0.2) is 0 Å². The van der Waals surface area contributed by atoms with E-state index in [0.29, 0.717) is 17.9 Å².